The summed E-state index contributed by atoms with van der Waals surface area (Å²) in [6.45, 7) is 9.55. The number of nitrogens with one attached hydrogen (secondary N) is 1. The summed E-state index contributed by atoms with van der Waals surface area (Å²) in [6, 6.07) is 0. The Hall–Kier alpha value is -1.06. The fourth-order valence-corrected chi connectivity index (χ4v) is 1.45. The first-order chi connectivity index (χ1) is 7.65. The standard InChI is InChI=1S/C12H24FN3/c1-5-7-9-16(8-6-2)12(14-4)15-10-11(3)13/h3,5-10H2,1-2,4H3,(H,14,15). The fraction of sp³-hybridized carbons (Fsp3) is 0.750. The molecule has 0 unspecified atom stereocenters. The van der Waals surface area contributed by atoms with Crippen molar-refractivity contribution in [2.24, 2.45) is 4.99 Å². The molecule has 0 aliphatic rings. The summed E-state index contributed by atoms with van der Waals surface area (Å²) in [5, 5.41) is 2.96. The second-order valence-corrected chi connectivity index (χ2v) is 3.76. The third-order valence-electron chi connectivity index (χ3n) is 2.22. The maximum absolute atomic E-state index is 12.6. The van der Waals surface area contributed by atoms with Crippen molar-refractivity contribution in [2.45, 2.75) is 33.1 Å². The lowest BCUT2D eigenvalue weighted by molar-refractivity contribution is 0.392. The van der Waals surface area contributed by atoms with E-state index in [1.165, 1.54) is 0 Å². The Morgan fingerprint density at radius 3 is 2.44 bits per heavy atom. The van der Waals surface area contributed by atoms with Crippen LogP contribution in [0, 0.1) is 0 Å². The van der Waals surface area contributed by atoms with Crippen molar-refractivity contribution >= 4 is 5.96 Å². The molecule has 0 spiro atoms. The lowest BCUT2D eigenvalue weighted by atomic mass is 10.3. The van der Waals surface area contributed by atoms with E-state index < -0.39 is 0 Å². The molecule has 94 valence electrons. The van der Waals surface area contributed by atoms with Crippen LogP contribution >= 0.6 is 0 Å². The molecule has 1 N–H and O–H groups in total. The summed E-state index contributed by atoms with van der Waals surface area (Å²) in [7, 11) is 1.72. The highest BCUT2D eigenvalue weighted by Gasteiger charge is 2.08. The number of hydrogen-bond acceptors (Lipinski definition) is 1. The lowest BCUT2D eigenvalue weighted by Crippen LogP contribution is -2.42. The minimum Gasteiger partial charge on any atom is -0.350 e. The van der Waals surface area contributed by atoms with Crippen LogP contribution in [0.25, 0.3) is 0 Å². The smallest absolute Gasteiger partial charge is 0.193 e. The zero-order valence-corrected chi connectivity index (χ0v) is 10.7. The van der Waals surface area contributed by atoms with E-state index in [9.17, 15) is 4.39 Å². The first-order valence-corrected chi connectivity index (χ1v) is 5.94. The molecule has 0 aromatic rings. The maximum Gasteiger partial charge on any atom is 0.193 e. The number of rotatable bonds is 7. The van der Waals surface area contributed by atoms with Gasteiger partial charge in [0, 0.05) is 20.1 Å². The van der Waals surface area contributed by atoms with Gasteiger partial charge in [-0.05, 0) is 12.8 Å². The molecule has 0 atom stereocenters. The third kappa shape index (κ3) is 6.43. The summed E-state index contributed by atoms with van der Waals surface area (Å²) in [6.07, 6.45) is 3.32. The summed E-state index contributed by atoms with van der Waals surface area (Å²) < 4.78 is 12.6. The highest BCUT2D eigenvalue weighted by molar-refractivity contribution is 5.80. The predicted molar refractivity (Wildman–Crippen MR) is 68.4 cm³/mol. The molecule has 0 aliphatic heterocycles. The largest absolute Gasteiger partial charge is 0.350 e. The van der Waals surface area contributed by atoms with Gasteiger partial charge in [0.2, 0.25) is 0 Å². The van der Waals surface area contributed by atoms with E-state index in [0.29, 0.717) is 0 Å². The van der Waals surface area contributed by atoms with Crippen LogP contribution in [0.5, 0.6) is 0 Å². The SMILES string of the molecule is C=C(F)CNC(=NC)N(CCC)CCCC. The molecule has 0 aromatic carbocycles. The number of nitrogens with zero attached hydrogens (tertiary/aromatic N) is 2. The van der Waals surface area contributed by atoms with Crippen LogP contribution < -0.4 is 5.32 Å². The van der Waals surface area contributed by atoms with Crippen molar-refractivity contribution in [3.05, 3.63) is 12.4 Å². The summed E-state index contributed by atoms with van der Waals surface area (Å²) in [5.74, 6) is 0.391. The molecule has 0 heterocycles. The zero-order chi connectivity index (χ0) is 12.4. The first kappa shape index (κ1) is 14.9. The summed E-state index contributed by atoms with van der Waals surface area (Å²) >= 11 is 0. The van der Waals surface area contributed by atoms with E-state index in [0.717, 1.165) is 38.3 Å². The average molecular weight is 229 g/mol. The van der Waals surface area contributed by atoms with Gasteiger partial charge >= 0.3 is 0 Å². The maximum atomic E-state index is 12.6. The van der Waals surface area contributed by atoms with E-state index in [4.69, 9.17) is 0 Å². The van der Waals surface area contributed by atoms with Gasteiger partial charge in [-0.2, -0.15) is 0 Å². The topological polar surface area (TPSA) is 27.6 Å². The number of hydrogen-bond donors (Lipinski definition) is 1. The van der Waals surface area contributed by atoms with E-state index in [2.05, 4.69) is 35.6 Å². The molecule has 0 saturated carbocycles. The second kappa shape index (κ2) is 9.19. The van der Waals surface area contributed by atoms with Crippen molar-refractivity contribution in [3.63, 3.8) is 0 Å². The molecule has 0 radical (unpaired) electrons. The van der Waals surface area contributed by atoms with Crippen molar-refractivity contribution < 1.29 is 4.39 Å². The second-order valence-electron chi connectivity index (χ2n) is 3.76. The molecule has 0 aliphatic carbocycles. The van der Waals surface area contributed by atoms with Crippen LogP contribution in [0.2, 0.25) is 0 Å². The molecule has 0 fully saturated rings. The number of guanidine groups is 1. The summed E-state index contributed by atoms with van der Waals surface area (Å²) in [5.41, 5.74) is 0. The Balaban J connectivity index is 4.27. The van der Waals surface area contributed by atoms with Crippen LogP contribution in [0.3, 0.4) is 0 Å². The molecule has 0 saturated heterocycles. The first-order valence-electron chi connectivity index (χ1n) is 5.94. The van der Waals surface area contributed by atoms with E-state index in [1.807, 2.05) is 0 Å². The van der Waals surface area contributed by atoms with Gasteiger partial charge in [-0.15, -0.1) is 0 Å². The molecular formula is C12H24FN3. The molecule has 0 aromatic heterocycles. The lowest BCUT2D eigenvalue weighted by Gasteiger charge is -2.25. The van der Waals surface area contributed by atoms with Crippen molar-refractivity contribution in [1.29, 1.82) is 0 Å². The van der Waals surface area contributed by atoms with Crippen LogP contribution in [0.15, 0.2) is 17.4 Å². The minimum atomic E-state index is -0.368. The minimum absolute atomic E-state index is 0.138. The zero-order valence-electron chi connectivity index (χ0n) is 10.7. The Labute approximate surface area is 98.4 Å². The van der Waals surface area contributed by atoms with Gasteiger partial charge in [-0.1, -0.05) is 26.8 Å². The Kier molecular flexibility index (Phi) is 8.58. The number of aliphatic imine (C=N–C) groups is 1. The molecule has 4 heteroatoms. The van der Waals surface area contributed by atoms with Crippen LogP contribution in [0.4, 0.5) is 4.39 Å². The monoisotopic (exact) mass is 229 g/mol. The van der Waals surface area contributed by atoms with Crippen LogP contribution in [-0.4, -0.2) is 37.5 Å². The highest BCUT2D eigenvalue weighted by Crippen LogP contribution is 1.99. The highest BCUT2D eigenvalue weighted by atomic mass is 19.1. The van der Waals surface area contributed by atoms with Crippen molar-refractivity contribution in [1.82, 2.24) is 10.2 Å². The normalized spacial score (nSPS) is 11.4. The van der Waals surface area contributed by atoms with Crippen LogP contribution in [-0.2, 0) is 0 Å². The third-order valence-corrected chi connectivity index (χ3v) is 2.22. The van der Waals surface area contributed by atoms with E-state index >= 15 is 0 Å². The van der Waals surface area contributed by atoms with Gasteiger partial charge in [-0.3, -0.25) is 4.99 Å². The molecule has 0 amide bonds. The van der Waals surface area contributed by atoms with Gasteiger partial charge in [-0.25, -0.2) is 4.39 Å². The molecule has 0 bridgehead atoms. The Bertz CT molecular complexity index is 226. The van der Waals surface area contributed by atoms with Crippen molar-refractivity contribution in [3.8, 4) is 0 Å². The van der Waals surface area contributed by atoms with Crippen molar-refractivity contribution in [2.75, 3.05) is 26.7 Å². The van der Waals surface area contributed by atoms with Crippen LogP contribution in [0.1, 0.15) is 33.1 Å². The summed E-state index contributed by atoms with van der Waals surface area (Å²) in [4.78, 5) is 6.31. The molecule has 3 nitrogen and oxygen atoms in total. The van der Waals surface area contributed by atoms with Gasteiger partial charge < -0.3 is 10.2 Å². The van der Waals surface area contributed by atoms with E-state index in [-0.39, 0.29) is 12.4 Å². The van der Waals surface area contributed by atoms with E-state index in [1.54, 1.807) is 7.05 Å². The number of halogens is 1. The molecule has 16 heavy (non-hydrogen) atoms. The van der Waals surface area contributed by atoms with Gasteiger partial charge in [0.1, 0.15) is 5.83 Å². The van der Waals surface area contributed by atoms with Gasteiger partial charge in [0.25, 0.3) is 0 Å². The predicted octanol–water partition coefficient (Wildman–Crippen LogP) is 2.56. The Morgan fingerprint density at radius 2 is 2.00 bits per heavy atom. The van der Waals surface area contributed by atoms with Gasteiger partial charge in [0.05, 0.1) is 6.54 Å². The number of unbranched alkanes of at least 4 members (excludes halogenated alkanes) is 1. The Morgan fingerprint density at radius 1 is 1.31 bits per heavy atom. The molecular weight excluding hydrogens is 205 g/mol. The molecule has 0 rings (SSSR count). The average Bonchev–Trinajstić information content (AvgIpc) is 2.26. The quantitative estimate of drug-likeness (QED) is 0.536. The van der Waals surface area contributed by atoms with Gasteiger partial charge in [0.15, 0.2) is 5.96 Å². The fourth-order valence-electron chi connectivity index (χ4n) is 1.45.